The summed E-state index contributed by atoms with van der Waals surface area (Å²) < 4.78 is 1.59. The van der Waals surface area contributed by atoms with E-state index < -0.39 is 0 Å². The molecule has 0 spiro atoms. The van der Waals surface area contributed by atoms with Crippen molar-refractivity contribution in [3.8, 4) is 0 Å². The first-order valence-corrected chi connectivity index (χ1v) is 6.00. The van der Waals surface area contributed by atoms with E-state index in [0.717, 1.165) is 12.0 Å². The van der Waals surface area contributed by atoms with Crippen molar-refractivity contribution in [2.24, 2.45) is 7.05 Å². The highest BCUT2D eigenvalue weighted by Crippen LogP contribution is 2.21. The van der Waals surface area contributed by atoms with Crippen molar-refractivity contribution < 1.29 is 4.79 Å². The number of hydrogen-bond donors (Lipinski definition) is 0. The van der Waals surface area contributed by atoms with E-state index in [4.69, 9.17) is 0 Å². The van der Waals surface area contributed by atoms with Gasteiger partial charge in [0.15, 0.2) is 0 Å². The second kappa shape index (κ2) is 7.86. The number of aryl methyl sites for hydroxylation is 1. The topological polar surface area (TPSA) is 38.1 Å². The highest BCUT2D eigenvalue weighted by Gasteiger charge is 2.22. The molecule has 0 N–H and O–H groups in total. The van der Waals surface area contributed by atoms with E-state index in [-0.39, 0.29) is 12.0 Å². The number of nitrogens with zero attached hydrogens (tertiary/aromatic N) is 3. The smallest absolute Gasteiger partial charge is 0.120 e. The second-order valence-electron chi connectivity index (χ2n) is 3.96. The van der Waals surface area contributed by atoms with Crippen LogP contribution in [-0.2, 0) is 11.8 Å². The summed E-state index contributed by atoms with van der Waals surface area (Å²) in [6, 6.07) is 3.23. The SMILES string of the molecule is CC.CC(C(CC=O)c1c#cn(C)n1)N(C)C. The molecule has 0 saturated heterocycles. The maximum Gasteiger partial charge on any atom is 0.120 e. The van der Waals surface area contributed by atoms with E-state index >= 15 is 0 Å². The quantitative estimate of drug-likeness (QED) is 0.731. The van der Waals surface area contributed by atoms with Crippen LogP contribution >= 0.6 is 0 Å². The van der Waals surface area contributed by atoms with Gasteiger partial charge in [-0.05, 0) is 27.1 Å². The van der Waals surface area contributed by atoms with Crippen LogP contribution in [0, 0.1) is 12.3 Å². The monoisotopic (exact) mass is 237 g/mol. The largest absolute Gasteiger partial charge is 0.306 e. The van der Waals surface area contributed by atoms with Crippen molar-refractivity contribution in [1.82, 2.24) is 14.7 Å². The summed E-state index contributed by atoms with van der Waals surface area (Å²) in [4.78, 5) is 12.7. The molecule has 1 rings (SSSR count). The Morgan fingerprint density at radius 2 is 2.06 bits per heavy atom. The summed E-state index contributed by atoms with van der Waals surface area (Å²) in [7, 11) is 5.79. The summed E-state index contributed by atoms with van der Waals surface area (Å²) >= 11 is 0. The minimum absolute atomic E-state index is 0.0925. The fourth-order valence-electron chi connectivity index (χ4n) is 1.52. The molecule has 0 fully saturated rings. The molecule has 2 unspecified atom stereocenters. The highest BCUT2D eigenvalue weighted by molar-refractivity contribution is 5.51. The Balaban J connectivity index is 0.00000121. The summed E-state index contributed by atoms with van der Waals surface area (Å²) in [6.07, 6.45) is 4.26. The number of rotatable bonds is 5. The summed E-state index contributed by atoms with van der Waals surface area (Å²) in [5.41, 5.74) is 0.811. The zero-order chi connectivity index (χ0) is 13.4. The third-order valence-electron chi connectivity index (χ3n) is 2.70. The molecule has 1 aromatic rings. The van der Waals surface area contributed by atoms with E-state index in [2.05, 4.69) is 29.2 Å². The molecular formula is C13H23N3O. The second-order valence-corrected chi connectivity index (χ2v) is 3.96. The van der Waals surface area contributed by atoms with Crippen molar-refractivity contribution in [1.29, 1.82) is 0 Å². The molecule has 0 aromatic carbocycles. The third-order valence-corrected chi connectivity index (χ3v) is 2.70. The third kappa shape index (κ3) is 4.58. The van der Waals surface area contributed by atoms with E-state index in [1.54, 1.807) is 11.7 Å². The lowest BCUT2D eigenvalue weighted by Crippen LogP contribution is -2.31. The van der Waals surface area contributed by atoms with E-state index in [1.807, 2.05) is 27.9 Å². The van der Waals surface area contributed by atoms with Gasteiger partial charge >= 0.3 is 0 Å². The molecule has 96 valence electrons. The Morgan fingerprint density at radius 1 is 1.47 bits per heavy atom. The fraction of sp³-hybridized carbons (Fsp3) is 0.692. The molecular weight excluding hydrogens is 214 g/mol. The Hall–Kier alpha value is -1.34. The van der Waals surface area contributed by atoms with Gasteiger partial charge in [-0.2, -0.15) is 5.10 Å². The van der Waals surface area contributed by atoms with Crippen LogP contribution in [0.3, 0.4) is 0 Å². The lowest BCUT2D eigenvalue weighted by Gasteiger charge is -2.26. The standard InChI is InChI=1S/C11H17N3O.C2H6/c1-9(13(2)3)10(6-8-15)11-5-7-14(4)12-11;1-2/h8-10H,6H2,1-4H3;1-2H3. The number of carbonyl (C=O) groups is 1. The number of hydrogen-bond acceptors (Lipinski definition) is 3. The van der Waals surface area contributed by atoms with Gasteiger partial charge in [-0.3, -0.25) is 0 Å². The van der Waals surface area contributed by atoms with Gasteiger partial charge in [-0.25, -0.2) is 4.68 Å². The predicted octanol–water partition coefficient (Wildman–Crippen LogP) is 1.67. The first-order chi connectivity index (χ1) is 8.06. The predicted molar refractivity (Wildman–Crippen MR) is 68.8 cm³/mol. The first-order valence-electron chi connectivity index (χ1n) is 6.00. The zero-order valence-corrected chi connectivity index (χ0v) is 11.7. The van der Waals surface area contributed by atoms with Gasteiger partial charge in [0.05, 0.1) is 0 Å². The minimum Gasteiger partial charge on any atom is -0.306 e. The van der Waals surface area contributed by atoms with E-state index in [1.165, 1.54) is 0 Å². The molecule has 0 aliphatic heterocycles. The van der Waals surface area contributed by atoms with Crippen molar-refractivity contribution in [2.75, 3.05) is 14.1 Å². The highest BCUT2D eigenvalue weighted by atomic mass is 16.1. The molecule has 0 aliphatic carbocycles. The van der Waals surface area contributed by atoms with Crippen LogP contribution in [0.4, 0.5) is 0 Å². The van der Waals surface area contributed by atoms with Crippen LogP contribution in [-0.4, -0.2) is 41.1 Å². The molecule has 4 heteroatoms. The summed E-state index contributed by atoms with van der Waals surface area (Å²) in [5, 5.41) is 4.25. The van der Waals surface area contributed by atoms with Crippen LogP contribution in [0.2, 0.25) is 0 Å². The zero-order valence-electron chi connectivity index (χ0n) is 11.7. The van der Waals surface area contributed by atoms with Crippen molar-refractivity contribution in [2.45, 2.75) is 39.2 Å². The van der Waals surface area contributed by atoms with E-state index in [0.29, 0.717) is 6.42 Å². The molecule has 0 aliphatic rings. The van der Waals surface area contributed by atoms with Gasteiger partial charge in [-0.1, -0.05) is 13.8 Å². The average Bonchev–Trinajstić information content (AvgIpc) is 2.74. The minimum atomic E-state index is 0.0925. The molecule has 2 atom stereocenters. The maximum absolute atomic E-state index is 10.6. The van der Waals surface area contributed by atoms with Crippen LogP contribution in [0.15, 0.2) is 0 Å². The summed E-state index contributed by atoms with van der Waals surface area (Å²) in [6.45, 7) is 6.08. The van der Waals surface area contributed by atoms with Crippen molar-refractivity contribution >= 4 is 6.29 Å². The van der Waals surface area contributed by atoms with Crippen LogP contribution in [0.25, 0.3) is 0 Å². The molecule has 1 aromatic heterocycles. The number of aromatic nitrogens is 2. The molecule has 0 bridgehead atoms. The van der Waals surface area contributed by atoms with Crippen LogP contribution in [0.1, 0.15) is 38.8 Å². The first kappa shape index (κ1) is 15.7. The lowest BCUT2D eigenvalue weighted by atomic mass is 9.94. The molecule has 0 saturated carbocycles. The normalized spacial score (nSPS) is 13.4. The Labute approximate surface area is 105 Å². The van der Waals surface area contributed by atoms with E-state index in [9.17, 15) is 4.79 Å². The molecule has 4 nitrogen and oxygen atoms in total. The van der Waals surface area contributed by atoms with Crippen molar-refractivity contribution in [3.63, 3.8) is 0 Å². The molecule has 0 radical (unpaired) electrons. The van der Waals surface area contributed by atoms with Crippen LogP contribution < -0.4 is 0 Å². The van der Waals surface area contributed by atoms with Gasteiger partial charge in [0.2, 0.25) is 0 Å². The van der Waals surface area contributed by atoms with Crippen molar-refractivity contribution in [3.05, 3.63) is 18.0 Å². The Morgan fingerprint density at radius 3 is 2.41 bits per heavy atom. The summed E-state index contributed by atoms with van der Waals surface area (Å²) in [5.74, 6) is 0.0925. The molecule has 0 amide bonds. The Bertz CT molecular complexity index is 320. The lowest BCUT2D eigenvalue weighted by molar-refractivity contribution is -0.108. The van der Waals surface area contributed by atoms with Crippen LogP contribution in [0.5, 0.6) is 0 Å². The number of aldehydes is 1. The van der Waals surface area contributed by atoms with Gasteiger partial charge in [0, 0.05) is 31.6 Å². The average molecular weight is 237 g/mol. The van der Waals surface area contributed by atoms with Gasteiger partial charge in [0.1, 0.15) is 12.0 Å². The Kier molecular flexibility index (Phi) is 7.24. The maximum atomic E-state index is 10.6. The molecule has 17 heavy (non-hydrogen) atoms. The van der Waals surface area contributed by atoms with Gasteiger partial charge < -0.3 is 9.69 Å². The fourth-order valence-corrected chi connectivity index (χ4v) is 1.52. The van der Waals surface area contributed by atoms with Gasteiger partial charge in [0.25, 0.3) is 0 Å². The van der Waals surface area contributed by atoms with Gasteiger partial charge in [-0.15, -0.1) is 0 Å². The molecule has 1 heterocycles. The number of likely N-dealkylation sites (N-methyl/N-ethyl adjacent to an activating group) is 1. The number of carbonyl (C=O) groups excluding carboxylic acids is 1.